The summed E-state index contributed by atoms with van der Waals surface area (Å²) in [6.07, 6.45) is 1.62. The lowest BCUT2D eigenvalue weighted by molar-refractivity contribution is 0.105. The first kappa shape index (κ1) is 22.9. The number of nitrogens with one attached hydrogen (secondary N) is 1. The van der Waals surface area contributed by atoms with E-state index in [9.17, 15) is 9.90 Å². The molecule has 0 radical (unpaired) electrons. The number of aryl methyl sites for hydroxylation is 2. The summed E-state index contributed by atoms with van der Waals surface area (Å²) in [6, 6.07) is 9.57. The predicted molar refractivity (Wildman–Crippen MR) is 125 cm³/mol. The van der Waals surface area contributed by atoms with Crippen LogP contribution in [0.3, 0.4) is 0 Å². The van der Waals surface area contributed by atoms with Crippen molar-refractivity contribution < 1.29 is 9.52 Å². The molecule has 1 atom stereocenters. The van der Waals surface area contributed by atoms with Crippen LogP contribution in [0.15, 0.2) is 45.8 Å². The Labute approximate surface area is 192 Å². The zero-order valence-corrected chi connectivity index (χ0v) is 19.4. The molecule has 0 aliphatic rings. The van der Waals surface area contributed by atoms with Crippen molar-refractivity contribution in [2.75, 3.05) is 13.2 Å². The van der Waals surface area contributed by atoms with Gasteiger partial charge in [0.15, 0.2) is 5.82 Å². The Morgan fingerprint density at radius 1 is 1.24 bits per heavy atom. The van der Waals surface area contributed by atoms with Gasteiger partial charge < -0.3 is 14.5 Å². The van der Waals surface area contributed by atoms with Gasteiger partial charge in [-0.3, -0.25) is 9.69 Å². The number of aliphatic hydroxyl groups is 1. The normalized spacial score (nSPS) is 12.8. The maximum atomic E-state index is 13.0. The van der Waals surface area contributed by atoms with E-state index in [1.165, 1.54) is 0 Å². The van der Waals surface area contributed by atoms with E-state index < -0.39 is 0 Å². The van der Waals surface area contributed by atoms with E-state index >= 15 is 0 Å². The highest BCUT2D eigenvalue weighted by Crippen LogP contribution is 2.29. The van der Waals surface area contributed by atoms with Gasteiger partial charge in [-0.15, -0.1) is 5.10 Å². The highest BCUT2D eigenvalue weighted by Gasteiger charge is 2.30. The number of aromatic amines is 1. The third-order valence-electron chi connectivity index (χ3n) is 5.87. The summed E-state index contributed by atoms with van der Waals surface area (Å²) < 4.78 is 7.18. The van der Waals surface area contributed by atoms with Crippen molar-refractivity contribution in [3.05, 3.63) is 75.2 Å². The van der Waals surface area contributed by atoms with Crippen LogP contribution in [0.5, 0.6) is 0 Å². The van der Waals surface area contributed by atoms with Crippen LogP contribution in [-0.2, 0) is 13.1 Å². The molecule has 33 heavy (non-hydrogen) atoms. The van der Waals surface area contributed by atoms with Crippen LogP contribution in [0.1, 0.15) is 48.2 Å². The van der Waals surface area contributed by atoms with Crippen molar-refractivity contribution >= 4 is 10.9 Å². The first-order chi connectivity index (χ1) is 15.9. The highest BCUT2D eigenvalue weighted by molar-refractivity contribution is 5.82. The Balaban J connectivity index is 1.71. The smallest absolute Gasteiger partial charge is 0.252 e. The van der Waals surface area contributed by atoms with Crippen LogP contribution in [0.2, 0.25) is 0 Å². The third-order valence-corrected chi connectivity index (χ3v) is 5.87. The van der Waals surface area contributed by atoms with Crippen LogP contribution < -0.4 is 5.56 Å². The van der Waals surface area contributed by atoms with Crippen LogP contribution in [0.4, 0.5) is 0 Å². The van der Waals surface area contributed by atoms with Gasteiger partial charge in [0.25, 0.3) is 5.56 Å². The fourth-order valence-electron chi connectivity index (χ4n) is 4.48. The molecule has 4 aromatic rings. The van der Waals surface area contributed by atoms with Crippen molar-refractivity contribution in [1.29, 1.82) is 0 Å². The first-order valence-corrected chi connectivity index (χ1v) is 11.1. The van der Waals surface area contributed by atoms with E-state index in [1.807, 2.05) is 32.0 Å². The molecule has 0 aliphatic carbocycles. The summed E-state index contributed by atoms with van der Waals surface area (Å²) in [5, 5.41) is 23.2. The first-order valence-electron chi connectivity index (χ1n) is 11.1. The number of rotatable bonds is 9. The number of nitrogens with zero attached hydrogens (tertiary/aromatic N) is 5. The van der Waals surface area contributed by atoms with Gasteiger partial charge in [0.1, 0.15) is 12.3 Å². The van der Waals surface area contributed by atoms with Crippen molar-refractivity contribution in [3.8, 4) is 0 Å². The summed E-state index contributed by atoms with van der Waals surface area (Å²) in [5.74, 6) is 1.54. The van der Waals surface area contributed by atoms with E-state index in [0.717, 1.165) is 27.8 Å². The van der Waals surface area contributed by atoms with Crippen molar-refractivity contribution in [2.24, 2.45) is 5.92 Å². The molecule has 174 valence electrons. The maximum Gasteiger partial charge on any atom is 0.252 e. The molecule has 2 N–H and O–H groups in total. The number of aromatic nitrogens is 5. The molecule has 3 aromatic heterocycles. The summed E-state index contributed by atoms with van der Waals surface area (Å²) in [5.41, 5.74) is 3.54. The molecule has 0 amide bonds. The Hall–Kier alpha value is -3.30. The van der Waals surface area contributed by atoms with Crippen LogP contribution >= 0.6 is 0 Å². The molecule has 9 nitrogen and oxygen atoms in total. The lowest BCUT2D eigenvalue weighted by Gasteiger charge is -2.33. The largest absolute Gasteiger partial charge is 0.467 e. The zero-order chi connectivity index (χ0) is 23.5. The standard InChI is InChI=1S/C24H30N6O3/c1-15(2)22(23-26-27-28-30(23)14-20-6-5-9-33-20)29(7-8-31)13-19-12-18-11-16(3)10-17(4)21(18)25-24(19)32/h5-6,9-12,15,22,31H,7-8,13-14H2,1-4H3,(H,25,32). The minimum absolute atomic E-state index is 0.0489. The number of pyridine rings is 1. The molecule has 4 rings (SSSR count). The Kier molecular flexibility index (Phi) is 6.71. The topological polar surface area (TPSA) is 113 Å². The van der Waals surface area contributed by atoms with E-state index in [-0.39, 0.29) is 24.1 Å². The molecule has 0 spiro atoms. The van der Waals surface area contributed by atoms with Gasteiger partial charge in [0.2, 0.25) is 0 Å². The fraction of sp³-hybridized carbons (Fsp3) is 0.417. The number of H-pyrrole nitrogens is 1. The summed E-state index contributed by atoms with van der Waals surface area (Å²) in [6.45, 7) is 9.29. The van der Waals surface area contributed by atoms with Crippen LogP contribution in [0.25, 0.3) is 10.9 Å². The van der Waals surface area contributed by atoms with Gasteiger partial charge in [-0.2, -0.15) is 0 Å². The molecule has 9 heteroatoms. The molecule has 0 bridgehead atoms. The van der Waals surface area contributed by atoms with Crippen molar-refractivity contribution in [2.45, 2.75) is 46.8 Å². The Bertz CT molecular complexity index is 1280. The Morgan fingerprint density at radius 3 is 2.76 bits per heavy atom. The average Bonchev–Trinajstić information content (AvgIpc) is 3.42. The summed E-state index contributed by atoms with van der Waals surface area (Å²) >= 11 is 0. The minimum Gasteiger partial charge on any atom is -0.467 e. The molecular weight excluding hydrogens is 420 g/mol. The van der Waals surface area contributed by atoms with Gasteiger partial charge in [0.05, 0.1) is 24.4 Å². The minimum atomic E-state index is -0.212. The molecule has 0 aliphatic heterocycles. The summed E-state index contributed by atoms with van der Waals surface area (Å²) in [4.78, 5) is 18.1. The molecule has 0 fully saturated rings. The number of tetrazole rings is 1. The monoisotopic (exact) mass is 450 g/mol. The maximum absolute atomic E-state index is 13.0. The lowest BCUT2D eigenvalue weighted by atomic mass is 10.00. The SMILES string of the molecule is Cc1cc(C)c2[nH]c(=O)c(CN(CCO)C(c3nnnn3Cc3ccco3)C(C)C)cc2c1. The van der Waals surface area contributed by atoms with E-state index in [4.69, 9.17) is 4.42 Å². The second-order valence-electron chi connectivity index (χ2n) is 8.83. The van der Waals surface area contributed by atoms with Gasteiger partial charge in [0, 0.05) is 18.7 Å². The van der Waals surface area contributed by atoms with Gasteiger partial charge in [-0.25, -0.2) is 4.68 Å². The van der Waals surface area contributed by atoms with Crippen molar-refractivity contribution in [1.82, 2.24) is 30.1 Å². The number of fused-ring (bicyclic) bond motifs is 1. The van der Waals surface area contributed by atoms with Gasteiger partial charge in [-0.1, -0.05) is 25.5 Å². The number of benzene rings is 1. The second kappa shape index (κ2) is 9.68. The molecule has 1 aromatic carbocycles. The van der Waals surface area contributed by atoms with Gasteiger partial charge >= 0.3 is 0 Å². The Morgan fingerprint density at radius 2 is 2.06 bits per heavy atom. The molecule has 3 heterocycles. The summed E-state index contributed by atoms with van der Waals surface area (Å²) in [7, 11) is 0. The quantitative estimate of drug-likeness (QED) is 0.403. The lowest BCUT2D eigenvalue weighted by Crippen LogP contribution is -2.37. The zero-order valence-electron chi connectivity index (χ0n) is 19.4. The average molecular weight is 451 g/mol. The molecule has 0 saturated carbocycles. The molecular formula is C24H30N6O3. The van der Waals surface area contributed by atoms with Crippen molar-refractivity contribution in [3.63, 3.8) is 0 Å². The fourth-order valence-corrected chi connectivity index (χ4v) is 4.48. The molecule has 0 saturated heterocycles. The predicted octanol–water partition coefficient (Wildman–Crippen LogP) is 2.96. The number of hydrogen-bond donors (Lipinski definition) is 2. The number of aliphatic hydroxyl groups excluding tert-OH is 1. The van der Waals surface area contributed by atoms with Crippen LogP contribution in [0, 0.1) is 19.8 Å². The van der Waals surface area contributed by atoms with Crippen LogP contribution in [-0.4, -0.2) is 48.3 Å². The number of furan rings is 1. The van der Waals surface area contributed by atoms with Gasteiger partial charge in [-0.05, 0) is 65.4 Å². The third kappa shape index (κ3) is 4.89. The second-order valence-corrected chi connectivity index (χ2v) is 8.83. The molecule has 1 unspecified atom stereocenters. The van der Waals surface area contributed by atoms with E-state index in [1.54, 1.807) is 10.9 Å². The highest BCUT2D eigenvalue weighted by atomic mass is 16.3. The van der Waals surface area contributed by atoms with E-state index in [2.05, 4.69) is 51.4 Å². The number of hydrogen-bond acceptors (Lipinski definition) is 7. The van der Waals surface area contributed by atoms with E-state index in [0.29, 0.717) is 31.0 Å².